The first kappa shape index (κ1) is 14.3. The minimum atomic E-state index is 0.670. The molecule has 0 N–H and O–H groups in total. The van der Waals surface area contributed by atoms with Gasteiger partial charge in [0.25, 0.3) is 0 Å². The molecule has 0 spiro atoms. The Balaban J connectivity index is 1.61. The fourth-order valence-corrected chi connectivity index (χ4v) is 3.34. The monoisotopic (exact) mass is 337 g/mol. The molecule has 0 amide bonds. The minimum absolute atomic E-state index is 0.670. The van der Waals surface area contributed by atoms with Crippen LogP contribution >= 0.6 is 23.4 Å². The van der Waals surface area contributed by atoms with Crippen LogP contribution in [0.3, 0.4) is 0 Å². The Labute approximate surface area is 142 Å². The van der Waals surface area contributed by atoms with Crippen molar-refractivity contribution in [2.45, 2.75) is 9.92 Å². The Morgan fingerprint density at radius 2 is 1.74 bits per heavy atom. The topological polar surface area (TPSA) is 30.7 Å². The van der Waals surface area contributed by atoms with Crippen LogP contribution in [0.4, 0.5) is 0 Å². The van der Waals surface area contributed by atoms with Crippen molar-refractivity contribution in [3.8, 4) is 5.69 Å². The highest BCUT2D eigenvalue weighted by Gasteiger charge is 2.06. The maximum Gasteiger partial charge on any atom is 0.144 e. The number of fused-ring (bicyclic) bond motifs is 1. The first-order valence-corrected chi connectivity index (χ1v) is 8.32. The maximum atomic E-state index is 6.01. The fraction of sp³-hybridized carbons (Fsp3) is 0. The number of benzene rings is 3. The molecule has 0 aliphatic rings. The lowest BCUT2D eigenvalue weighted by atomic mass is 10.1. The van der Waals surface area contributed by atoms with Crippen LogP contribution in [0.5, 0.6) is 0 Å². The van der Waals surface area contributed by atoms with Gasteiger partial charge in [0, 0.05) is 9.92 Å². The molecule has 4 aromatic rings. The Hall–Kier alpha value is -2.30. The van der Waals surface area contributed by atoms with Crippen molar-refractivity contribution in [3.05, 3.63) is 77.9 Å². The van der Waals surface area contributed by atoms with Crippen molar-refractivity contribution in [2.75, 3.05) is 0 Å². The van der Waals surface area contributed by atoms with Crippen LogP contribution in [0.15, 0.2) is 82.8 Å². The van der Waals surface area contributed by atoms with Gasteiger partial charge in [0.2, 0.25) is 0 Å². The van der Waals surface area contributed by atoms with E-state index in [2.05, 4.69) is 40.5 Å². The van der Waals surface area contributed by atoms with Crippen LogP contribution in [0, 0.1) is 0 Å². The first-order valence-electron chi connectivity index (χ1n) is 7.13. The normalized spacial score (nSPS) is 11.0. The van der Waals surface area contributed by atoms with Gasteiger partial charge < -0.3 is 0 Å². The largest absolute Gasteiger partial charge is 0.156 e. The summed E-state index contributed by atoms with van der Waals surface area (Å²) in [6.07, 6.45) is 1.76. The van der Waals surface area contributed by atoms with E-state index in [1.165, 1.54) is 10.8 Å². The molecule has 3 aromatic carbocycles. The zero-order valence-electron chi connectivity index (χ0n) is 12.1. The molecule has 0 aliphatic carbocycles. The summed E-state index contributed by atoms with van der Waals surface area (Å²) in [5, 5.41) is 12.8. The van der Waals surface area contributed by atoms with Crippen LogP contribution in [0.2, 0.25) is 5.02 Å². The van der Waals surface area contributed by atoms with E-state index in [1.807, 2.05) is 36.4 Å². The first-order chi connectivity index (χ1) is 11.3. The summed E-state index contributed by atoms with van der Waals surface area (Å²) >= 11 is 7.61. The van der Waals surface area contributed by atoms with Crippen molar-refractivity contribution in [1.29, 1.82) is 0 Å². The number of hydrogen-bond acceptors (Lipinski definition) is 3. The molecule has 0 atom stereocenters. The second-order valence-corrected chi connectivity index (χ2v) is 6.59. The smallest absolute Gasteiger partial charge is 0.144 e. The third kappa shape index (κ3) is 3.09. The van der Waals surface area contributed by atoms with Crippen molar-refractivity contribution in [2.24, 2.45) is 0 Å². The van der Waals surface area contributed by atoms with Gasteiger partial charge in [-0.2, -0.15) is 9.90 Å². The molecule has 0 fully saturated rings. The standard InChI is InChI=1S/C18H12ClN3S/c19-15-6-3-7-16(11-15)22-20-12-18(21-22)23-17-9-8-13-4-1-2-5-14(13)10-17/h1-12H. The second kappa shape index (κ2) is 6.07. The molecule has 23 heavy (non-hydrogen) atoms. The van der Waals surface area contributed by atoms with Crippen LogP contribution in [-0.4, -0.2) is 15.0 Å². The molecule has 0 saturated carbocycles. The van der Waals surface area contributed by atoms with Crippen molar-refractivity contribution < 1.29 is 0 Å². The Morgan fingerprint density at radius 3 is 2.61 bits per heavy atom. The Bertz CT molecular complexity index is 981. The number of halogens is 1. The van der Waals surface area contributed by atoms with Gasteiger partial charge in [-0.05, 0) is 41.1 Å². The lowest BCUT2D eigenvalue weighted by molar-refractivity contribution is 0.735. The van der Waals surface area contributed by atoms with Gasteiger partial charge in [0.05, 0.1) is 11.9 Å². The Morgan fingerprint density at radius 1 is 0.870 bits per heavy atom. The lowest BCUT2D eigenvalue weighted by Gasteiger charge is -2.01. The SMILES string of the molecule is Clc1cccc(-n2ncc(Sc3ccc4ccccc4c3)n2)c1. The predicted molar refractivity (Wildman–Crippen MR) is 94.4 cm³/mol. The van der Waals surface area contributed by atoms with Crippen LogP contribution in [0.1, 0.15) is 0 Å². The number of hydrogen-bond donors (Lipinski definition) is 0. The quantitative estimate of drug-likeness (QED) is 0.513. The van der Waals surface area contributed by atoms with Crippen molar-refractivity contribution >= 4 is 34.1 Å². The van der Waals surface area contributed by atoms with Crippen LogP contribution in [-0.2, 0) is 0 Å². The molecule has 3 nitrogen and oxygen atoms in total. The van der Waals surface area contributed by atoms with E-state index in [4.69, 9.17) is 11.6 Å². The fourth-order valence-electron chi connectivity index (χ4n) is 2.37. The minimum Gasteiger partial charge on any atom is -0.156 e. The Kier molecular flexibility index (Phi) is 3.77. The summed E-state index contributed by atoms with van der Waals surface area (Å²) in [7, 11) is 0. The number of nitrogens with zero attached hydrogens (tertiary/aromatic N) is 3. The average Bonchev–Trinajstić information content (AvgIpc) is 3.03. The number of aromatic nitrogens is 3. The van der Waals surface area contributed by atoms with Crippen LogP contribution in [0.25, 0.3) is 16.5 Å². The van der Waals surface area contributed by atoms with E-state index in [-0.39, 0.29) is 0 Å². The molecular formula is C18H12ClN3S. The molecule has 4 rings (SSSR count). The van der Waals surface area contributed by atoms with Gasteiger partial charge in [-0.15, -0.1) is 5.10 Å². The summed E-state index contributed by atoms with van der Waals surface area (Å²) in [6, 6.07) is 22.2. The third-order valence-corrected chi connectivity index (χ3v) is 4.57. The molecule has 0 aliphatic heterocycles. The summed E-state index contributed by atoms with van der Waals surface area (Å²) in [6.45, 7) is 0. The van der Waals surface area contributed by atoms with Crippen molar-refractivity contribution in [1.82, 2.24) is 15.0 Å². The van der Waals surface area contributed by atoms with Gasteiger partial charge in [-0.1, -0.05) is 59.8 Å². The van der Waals surface area contributed by atoms with Gasteiger partial charge >= 0.3 is 0 Å². The zero-order valence-corrected chi connectivity index (χ0v) is 13.6. The molecule has 0 radical (unpaired) electrons. The van der Waals surface area contributed by atoms with Gasteiger partial charge in [0.1, 0.15) is 5.03 Å². The van der Waals surface area contributed by atoms with Gasteiger partial charge in [-0.3, -0.25) is 0 Å². The van der Waals surface area contributed by atoms with Crippen LogP contribution < -0.4 is 0 Å². The molecule has 1 aromatic heterocycles. The lowest BCUT2D eigenvalue weighted by Crippen LogP contribution is -1.97. The molecule has 0 unspecified atom stereocenters. The van der Waals surface area contributed by atoms with Gasteiger partial charge in [-0.25, -0.2) is 0 Å². The third-order valence-electron chi connectivity index (χ3n) is 3.45. The highest BCUT2D eigenvalue weighted by molar-refractivity contribution is 7.99. The van der Waals surface area contributed by atoms with E-state index in [0.29, 0.717) is 5.02 Å². The molecule has 0 saturated heterocycles. The molecule has 5 heteroatoms. The molecule has 1 heterocycles. The van der Waals surface area contributed by atoms with E-state index in [0.717, 1.165) is 15.6 Å². The zero-order chi connectivity index (χ0) is 15.6. The highest BCUT2D eigenvalue weighted by Crippen LogP contribution is 2.28. The summed E-state index contributed by atoms with van der Waals surface area (Å²) < 4.78 is 0. The average molecular weight is 338 g/mol. The summed E-state index contributed by atoms with van der Waals surface area (Å²) in [5.41, 5.74) is 0.850. The van der Waals surface area contributed by atoms with E-state index < -0.39 is 0 Å². The maximum absolute atomic E-state index is 6.01. The summed E-state index contributed by atoms with van der Waals surface area (Å²) in [4.78, 5) is 2.73. The van der Waals surface area contributed by atoms with Crippen molar-refractivity contribution in [3.63, 3.8) is 0 Å². The van der Waals surface area contributed by atoms with E-state index in [1.54, 1.807) is 22.8 Å². The molecule has 112 valence electrons. The summed E-state index contributed by atoms with van der Waals surface area (Å²) in [5.74, 6) is 0. The molecule has 0 bridgehead atoms. The molecular weight excluding hydrogens is 326 g/mol. The predicted octanol–water partition coefficient (Wildman–Crippen LogP) is 5.23. The van der Waals surface area contributed by atoms with E-state index in [9.17, 15) is 0 Å². The number of rotatable bonds is 3. The second-order valence-electron chi connectivity index (χ2n) is 5.06. The van der Waals surface area contributed by atoms with E-state index >= 15 is 0 Å². The van der Waals surface area contributed by atoms with Gasteiger partial charge in [0.15, 0.2) is 0 Å². The highest BCUT2D eigenvalue weighted by atomic mass is 35.5.